The molecule has 0 aliphatic heterocycles. The molecule has 0 fully saturated rings. The van der Waals surface area contributed by atoms with Crippen LogP contribution in [0.25, 0.3) is 10.3 Å². The van der Waals surface area contributed by atoms with Gasteiger partial charge >= 0.3 is 5.97 Å². The molecule has 0 bridgehead atoms. The molecule has 82 valence electrons. The van der Waals surface area contributed by atoms with Crippen LogP contribution in [0.15, 0.2) is 6.07 Å². The minimum atomic E-state index is -0.971. The number of hydrogen-bond donors (Lipinski definition) is 1. The molecule has 0 unspecified atom stereocenters. The highest BCUT2D eigenvalue weighted by Crippen LogP contribution is 2.26. The number of hydrogen-bond acceptors (Lipinski definition) is 4. The summed E-state index contributed by atoms with van der Waals surface area (Å²) in [6.07, 6.45) is 4.41. The Morgan fingerprint density at radius 3 is 2.94 bits per heavy atom. The van der Waals surface area contributed by atoms with Crippen molar-refractivity contribution >= 4 is 27.7 Å². The van der Waals surface area contributed by atoms with Gasteiger partial charge < -0.3 is 5.11 Å². The number of aryl methyl sites for hydroxylation is 2. The van der Waals surface area contributed by atoms with E-state index in [1.54, 1.807) is 0 Å². The van der Waals surface area contributed by atoms with Crippen molar-refractivity contribution < 1.29 is 9.90 Å². The number of carbonyl (C=O) groups is 1. The summed E-state index contributed by atoms with van der Waals surface area (Å²) in [6, 6.07) is 2.00. The molecule has 0 spiro atoms. The summed E-state index contributed by atoms with van der Waals surface area (Å²) in [4.78, 5) is 20.1. The van der Waals surface area contributed by atoms with Crippen LogP contribution in [0.4, 0.5) is 0 Å². The summed E-state index contributed by atoms with van der Waals surface area (Å²) in [5.41, 5.74) is 3.09. The van der Waals surface area contributed by atoms with Gasteiger partial charge in [0.05, 0.1) is 0 Å². The number of nitrogens with zero attached hydrogens (tertiary/aromatic N) is 2. The summed E-state index contributed by atoms with van der Waals surface area (Å²) in [7, 11) is 0. The average Bonchev–Trinajstić information content (AvgIpc) is 2.68. The second-order valence-electron chi connectivity index (χ2n) is 3.95. The first-order chi connectivity index (χ1) is 7.74. The molecule has 0 atom stereocenters. The van der Waals surface area contributed by atoms with Gasteiger partial charge in [-0.2, -0.15) is 0 Å². The fourth-order valence-electron chi connectivity index (χ4n) is 2.07. The first kappa shape index (κ1) is 9.72. The zero-order chi connectivity index (χ0) is 11.1. The van der Waals surface area contributed by atoms with Crippen molar-refractivity contribution in [2.24, 2.45) is 0 Å². The standard InChI is InChI=1S/C11H10N2O2S/c14-11(15)10-13-8-5-6-3-1-2-4-7(6)12-9(8)16-10/h5H,1-4H2,(H,14,15). The molecular formula is C11H10N2O2S. The maximum atomic E-state index is 10.8. The van der Waals surface area contributed by atoms with Crippen molar-refractivity contribution in [2.45, 2.75) is 25.7 Å². The zero-order valence-corrected chi connectivity index (χ0v) is 9.38. The number of aromatic carboxylic acids is 1. The fourth-order valence-corrected chi connectivity index (χ4v) is 2.85. The van der Waals surface area contributed by atoms with Crippen LogP contribution in [0.5, 0.6) is 0 Å². The fraction of sp³-hybridized carbons (Fsp3) is 0.364. The molecule has 2 aromatic heterocycles. The van der Waals surface area contributed by atoms with E-state index in [9.17, 15) is 4.79 Å². The highest BCUT2D eigenvalue weighted by molar-refractivity contribution is 7.19. The Morgan fingerprint density at radius 2 is 2.12 bits per heavy atom. The number of aromatic nitrogens is 2. The molecule has 0 radical (unpaired) electrons. The SMILES string of the molecule is O=C(O)c1nc2cc3c(nc2s1)CCCC3. The van der Waals surface area contributed by atoms with E-state index in [1.165, 1.54) is 18.4 Å². The van der Waals surface area contributed by atoms with Gasteiger partial charge in [-0.05, 0) is 37.3 Å². The van der Waals surface area contributed by atoms with E-state index in [0.29, 0.717) is 0 Å². The first-order valence-electron chi connectivity index (χ1n) is 5.26. The zero-order valence-electron chi connectivity index (χ0n) is 8.56. The van der Waals surface area contributed by atoms with E-state index < -0.39 is 5.97 Å². The van der Waals surface area contributed by atoms with Crippen molar-refractivity contribution in [1.29, 1.82) is 0 Å². The third-order valence-electron chi connectivity index (χ3n) is 2.85. The van der Waals surface area contributed by atoms with Gasteiger partial charge in [0, 0.05) is 5.69 Å². The van der Waals surface area contributed by atoms with Gasteiger partial charge in [-0.1, -0.05) is 11.3 Å². The Kier molecular flexibility index (Phi) is 2.14. The van der Waals surface area contributed by atoms with Gasteiger partial charge in [0.1, 0.15) is 10.3 Å². The summed E-state index contributed by atoms with van der Waals surface area (Å²) in [6.45, 7) is 0. The van der Waals surface area contributed by atoms with E-state index in [2.05, 4.69) is 9.97 Å². The van der Waals surface area contributed by atoms with Gasteiger partial charge in [-0.3, -0.25) is 0 Å². The highest BCUT2D eigenvalue weighted by atomic mass is 32.1. The summed E-state index contributed by atoms with van der Waals surface area (Å²) >= 11 is 1.16. The third-order valence-corrected chi connectivity index (χ3v) is 3.80. The minimum Gasteiger partial charge on any atom is -0.476 e. The predicted octanol–water partition coefficient (Wildman–Crippen LogP) is 2.27. The number of pyridine rings is 1. The van der Waals surface area contributed by atoms with Gasteiger partial charge in [0.15, 0.2) is 0 Å². The molecule has 5 heteroatoms. The van der Waals surface area contributed by atoms with Crippen LogP contribution in [0.2, 0.25) is 0 Å². The molecule has 3 rings (SSSR count). The molecule has 1 N–H and O–H groups in total. The Balaban J connectivity index is 2.20. The quantitative estimate of drug-likeness (QED) is 0.822. The van der Waals surface area contributed by atoms with Crippen molar-refractivity contribution in [3.63, 3.8) is 0 Å². The lowest BCUT2D eigenvalue weighted by molar-refractivity contribution is 0.0696. The summed E-state index contributed by atoms with van der Waals surface area (Å²) in [5.74, 6) is -0.971. The van der Waals surface area contributed by atoms with Crippen molar-refractivity contribution in [1.82, 2.24) is 9.97 Å². The number of fused-ring (bicyclic) bond motifs is 2. The second-order valence-corrected chi connectivity index (χ2v) is 4.93. The first-order valence-corrected chi connectivity index (χ1v) is 6.08. The third kappa shape index (κ3) is 1.48. The van der Waals surface area contributed by atoms with Crippen LogP contribution in [0.3, 0.4) is 0 Å². The molecule has 1 aliphatic rings. The van der Waals surface area contributed by atoms with Crippen LogP contribution in [0, 0.1) is 0 Å². The minimum absolute atomic E-state index is 0.129. The maximum Gasteiger partial charge on any atom is 0.365 e. The Hall–Kier alpha value is -1.49. The number of rotatable bonds is 1. The van der Waals surface area contributed by atoms with Crippen LogP contribution >= 0.6 is 11.3 Å². The van der Waals surface area contributed by atoms with Crippen molar-refractivity contribution in [3.05, 3.63) is 22.3 Å². The van der Waals surface area contributed by atoms with Gasteiger partial charge in [-0.15, -0.1) is 0 Å². The van der Waals surface area contributed by atoms with E-state index in [1.807, 2.05) is 6.07 Å². The van der Waals surface area contributed by atoms with Crippen molar-refractivity contribution in [2.75, 3.05) is 0 Å². The summed E-state index contributed by atoms with van der Waals surface area (Å²) < 4.78 is 0. The molecule has 2 heterocycles. The molecule has 2 aromatic rings. The number of carboxylic acid groups (broad SMARTS) is 1. The lowest BCUT2D eigenvalue weighted by Crippen LogP contribution is -2.04. The molecule has 0 saturated heterocycles. The molecular weight excluding hydrogens is 224 g/mol. The van der Waals surface area contributed by atoms with E-state index in [-0.39, 0.29) is 5.01 Å². The van der Waals surface area contributed by atoms with Gasteiger partial charge in [0.25, 0.3) is 0 Å². The lowest BCUT2D eigenvalue weighted by atomic mass is 9.96. The lowest BCUT2D eigenvalue weighted by Gasteiger charge is -2.13. The van der Waals surface area contributed by atoms with Crippen LogP contribution in [0.1, 0.15) is 33.9 Å². The molecule has 4 nitrogen and oxygen atoms in total. The Bertz CT molecular complexity index is 534. The Labute approximate surface area is 96.0 Å². The van der Waals surface area contributed by atoms with Gasteiger partial charge in [-0.25, -0.2) is 14.8 Å². The average molecular weight is 234 g/mol. The van der Waals surface area contributed by atoms with E-state index >= 15 is 0 Å². The maximum absolute atomic E-state index is 10.8. The molecule has 0 saturated carbocycles. The van der Waals surface area contributed by atoms with Crippen LogP contribution in [-0.2, 0) is 12.8 Å². The molecule has 0 aromatic carbocycles. The van der Waals surface area contributed by atoms with E-state index in [0.717, 1.165) is 40.2 Å². The molecule has 16 heavy (non-hydrogen) atoms. The van der Waals surface area contributed by atoms with Crippen LogP contribution in [-0.4, -0.2) is 21.0 Å². The number of carboxylic acids is 1. The van der Waals surface area contributed by atoms with Crippen molar-refractivity contribution in [3.8, 4) is 0 Å². The van der Waals surface area contributed by atoms with Crippen LogP contribution < -0.4 is 0 Å². The van der Waals surface area contributed by atoms with E-state index in [4.69, 9.17) is 5.11 Å². The monoisotopic (exact) mass is 234 g/mol. The van der Waals surface area contributed by atoms with Gasteiger partial charge in [0.2, 0.25) is 5.01 Å². The largest absolute Gasteiger partial charge is 0.476 e. The smallest absolute Gasteiger partial charge is 0.365 e. The summed E-state index contributed by atoms with van der Waals surface area (Å²) in [5, 5.41) is 9.00. The molecule has 0 amide bonds. The topological polar surface area (TPSA) is 63.1 Å². The highest BCUT2D eigenvalue weighted by Gasteiger charge is 2.16. The molecule has 1 aliphatic carbocycles. The second kappa shape index (κ2) is 3.52. The predicted molar refractivity (Wildman–Crippen MR) is 61.0 cm³/mol. The normalized spacial score (nSPS) is 15.0. The number of thiazole rings is 1. The Morgan fingerprint density at radius 1 is 1.31 bits per heavy atom.